The largest absolute Gasteiger partial charge is 0.481 e. The normalized spacial score (nSPS) is 23.1. The van der Waals surface area contributed by atoms with Crippen molar-refractivity contribution in [1.29, 1.82) is 0 Å². The van der Waals surface area contributed by atoms with Crippen LogP contribution in [0.5, 0.6) is 0 Å². The molecule has 5 rings (SSSR count). The van der Waals surface area contributed by atoms with E-state index in [1.165, 1.54) is 19.3 Å². The molecule has 0 radical (unpaired) electrons. The van der Waals surface area contributed by atoms with E-state index in [2.05, 4.69) is 22.8 Å². The van der Waals surface area contributed by atoms with Gasteiger partial charge in [-0.1, -0.05) is 61.4 Å². The summed E-state index contributed by atoms with van der Waals surface area (Å²) in [5, 5.41) is 14.6. The summed E-state index contributed by atoms with van der Waals surface area (Å²) >= 11 is 0. The van der Waals surface area contributed by atoms with E-state index < -0.39 is 30.4 Å². The summed E-state index contributed by atoms with van der Waals surface area (Å²) in [4.78, 5) is 36.7. The summed E-state index contributed by atoms with van der Waals surface area (Å²) in [6, 6.07) is 14.9. The van der Waals surface area contributed by atoms with E-state index in [1.807, 2.05) is 36.4 Å². The molecule has 3 N–H and O–H groups in total. The van der Waals surface area contributed by atoms with Gasteiger partial charge >= 0.3 is 12.1 Å². The third-order valence-corrected chi connectivity index (χ3v) is 7.78. The third-order valence-electron chi connectivity index (χ3n) is 7.78. The van der Waals surface area contributed by atoms with Crippen LogP contribution < -0.4 is 10.6 Å². The number of ether oxygens (including phenoxy) is 1. The number of carbonyl (C=O) groups excluding carboxylic acids is 2. The minimum Gasteiger partial charge on any atom is -0.481 e. The predicted molar refractivity (Wildman–Crippen MR) is 126 cm³/mol. The van der Waals surface area contributed by atoms with Crippen LogP contribution in [-0.4, -0.2) is 42.3 Å². The number of hydrogen-bond acceptors (Lipinski definition) is 4. The van der Waals surface area contributed by atoms with E-state index in [1.54, 1.807) is 0 Å². The van der Waals surface area contributed by atoms with Crippen LogP contribution >= 0.6 is 0 Å². The molecule has 178 valence electrons. The Labute approximate surface area is 198 Å². The van der Waals surface area contributed by atoms with Crippen molar-refractivity contribution >= 4 is 18.0 Å². The second kappa shape index (κ2) is 9.12. The first-order valence-electron chi connectivity index (χ1n) is 12.1. The fourth-order valence-electron chi connectivity index (χ4n) is 5.87. The average Bonchev–Trinajstić information content (AvgIpc) is 3.49. The summed E-state index contributed by atoms with van der Waals surface area (Å²) < 4.78 is 5.50. The Morgan fingerprint density at radius 1 is 1.03 bits per heavy atom. The third kappa shape index (κ3) is 4.39. The zero-order chi connectivity index (χ0) is 23.7. The lowest BCUT2D eigenvalue weighted by molar-refractivity contribution is -0.139. The summed E-state index contributed by atoms with van der Waals surface area (Å²) in [6.07, 6.45) is 4.55. The Hall–Kier alpha value is -3.35. The number of benzene rings is 2. The molecule has 2 aromatic rings. The van der Waals surface area contributed by atoms with Gasteiger partial charge in [0.05, 0.1) is 6.42 Å². The van der Waals surface area contributed by atoms with Crippen LogP contribution in [0.15, 0.2) is 48.5 Å². The van der Waals surface area contributed by atoms with Gasteiger partial charge in [-0.25, -0.2) is 4.79 Å². The van der Waals surface area contributed by atoms with Gasteiger partial charge in [-0.3, -0.25) is 9.59 Å². The Morgan fingerprint density at radius 3 is 2.35 bits per heavy atom. The molecule has 7 nitrogen and oxygen atoms in total. The molecule has 0 aromatic heterocycles. The number of aliphatic carboxylic acids is 1. The van der Waals surface area contributed by atoms with Gasteiger partial charge in [0.15, 0.2) is 0 Å². The molecule has 2 aromatic carbocycles. The monoisotopic (exact) mass is 462 g/mol. The first-order chi connectivity index (χ1) is 16.5. The van der Waals surface area contributed by atoms with Crippen molar-refractivity contribution in [2.45, 2.75) is 50.5 Å². The second-order valence-electron chi connectivity index (χ2n) is 9.85. The van der Waals surface area contributed by atoms with E-state index in [-0.39, 0.29) is 17.9 Å². The molecule has 2 saturated carbocycles. The molecule has 7 heteroatoms. The molecule has 0 bridgehead atoms. The van der Waals surface area contributed by atoms with Gasteiger partial charge < -0.3 is 20.5 Å². The molecule has 0 saturated heterocycles. The minimum atomic E-state index is -1.18. The van der Waals surface area contributed by atoms with Crippen molar-refractivity contribution in [3.8, 4) is 11.1 Å². The van der Waals surface area contributed by atoms with Crippen molar-refractivity contribution < 1.29 is 24.2 Å². The number of carbonyl (C=O) groups is 3. The van der Waals surface area contributed by atoms with Crippen LogP contribution in [0.2, 0.25) is 0 Å². The zero-order valence-corrected chi connectivity index (χ0v) is 19.1. The summed E-state index contributed by atoms with van der Waals surface area (Å²) in [6.45, 7) is 0.644. The highest BCUT2D eigenvalue weighted by molar-refractivity contribution is 5.89. The molecule has 2 fully saturated rings. The lowest BCUT2D eigenvalue weighted by atomic mass is 9.88. The van der Waals surface area contributed by atoms with Gasteiger partial charge in [0.25, 0.3) is 0 Å². The van der Waals surface area contributed by atoms with E-state index in [9.17, 15) is 19.5 Å². The van der Waals surface area contributed by atoms with E-state index in [4.69, 9.17) is 4.74 Å². The van der Waals surface area contributed by atoms with Gasteiger partial charge in [-0.15, -0.1) is 0 Å². The van der Waals surface area contributed by atoms with Crippen molar-refractivity contribution in [3.63, 3.8) is 0 Å². The van der Waals surface area contributed by atoms with Crippen molar-refractivity contribution in [2.75, 3.05) is 13.2 Å². The molecular weight excluding hydrogens is 432 g/mol. The number of hydrogen-bond donors (Lipinski definition) is 3. The number of nitrogens with one attached hydrogen (secondary N) is 2. The Balaban J connectivity index is 1.20. The lowest BCUT2D eigenvalue weighted by Gasteiger charge is -2.24. The maximum absolute atomic E-state index is 12.8. The SMILES string of the molecule is O=C(O)CC(NC(=O)OCC1c2ccccc2-c2ccccc21)C(=O)NCC12CCCCC1C2. The number of fused-ring (bicyclic) bond motifs is 4. The highest BCUT2D eigenvalue weighted by Gasteiger charge is 2.54. The molecule has 3 aliphatic carbocycles. The number of alkyl carbamates (subject to hydrolysis) is 1. The van der Waals surface area contributed by atoms with Gasteiger partial charge in [0, 0.05) is 12.5 Å². The lowest BCUT2D eigenvalue weighted by Crippen LogP contribution is -2.49. The smallest absolute Gasteiger partial charge is 0.407 e. The first-order valence-corrected chi connectivity index (χ1v) is 12.1. The van der Waals surface area contributed by atoms with Crippen LogP contribution in [0.1, 0.15) is 55.6 Å². The topological polar surface area (TPSA) is 105 Å². The second-order valence-corrected chi connectivity index (χ2v) is 9.85. The quantitative estimate of drug-likeness (QED) is 0.549. The van der Waals surface area contributed by atoms with Gasteiger partial charge in [0.2, 0.25) is 5.91 Å². The van der Waals surface area contributed by atoms with Crippen LogP contribution in [0.3, 0.4) is 0 Å². The number of rotatable bonds is 8. The first kappa shape index (κ1) is 22.4. The fourth-order valence-corrected chi connectivity index (χ4v) is 5.87. The maximum atomic E-state index is 12.8. The Morgan fingerprint density at radius 2 is 1.71 bits per heavy atom. The van der Waals surface area contributed by atoms with Crippen molar-refractivity contribution in [2.24, 2.45) is 11.3 Å². The molecule has 0 heterocycles. The zero-order valence-electron chi connectivity index (χ0n) is 19.1. The molecule has 3 unspecified atom stereocenters. The van der Waals surface area contributed by atoms with E-state index in [0.717, 1.165) is 35.1 Å². The number of amides is 2. The van der Waals surface area contributed by atoms with E-state index in [0.29, 0.717) is 12.5 Å². The average molecular weight is 463 g/mol. The standard InChI is InChI=1S/C27H30N2O5/c30-24(31)13-23(25(32)28-16-27-12-6-5-7-17(27)14-27)29-26(33)34-15-22-20-10-3-1-8-18(20)19-9-2-4-11-21(19)22/h1-4,8-11,17,22-23H,5-7,12-16H2,(H,28,32)(H,29,33)(H,30,31). The molecule has 0 spiro atoms. The molecule has 2 amide bonds. The summed E-state index contributed by atoms with van der Waals surface area (Å²) in [5.74, 6) is -1.07. The fraction of sp³-hybridized carbons (Fsp3) is 0.444. The highest BCUT2D eigenvalue weighted by Crippen LogP contribution is 2.60. The molecule has 3 atom stereocenters. The number of carboxylic acids is 1. The number of carboxylic acid groups (broad SMARTS) is 1. The Bertz CT molecular complexity index is 1070. The van der Waals surface area contributed by atoms with Gasteiger partial charge in [-0.2, -0.15) is 0 Å². The van der Waals surface area contributed by atoms with Crippen molar-refractivity contribution in [1.82, 2.24) is 10.6 Å². The van der Waals surface area contributed by atoms with Gasteiger partial charge in [0.1, 0.15) is 12.6 Å². The molecule has 3 aliphatic rings. The van der Waals surface area contributed by atoms with Crippen LogP contribution in [-0.2, 0) is 14.3 Å². The van der Waals surface area contributed by atoms with E-state index >= 15 is 0 Å². The highest BCUT2D eigenvalue weighted by atomic mass is 16.5. The van der Waals surface area contributed by atoms with Gasteiger partial charge in [-0.05, 0) is 52.8 Å². The Kier molecular flexibility index (Phi) is 6.02. The minimum absolute atomic E-state index is 0.103. The van der Waals surface area contributed by atoms with Crippen LogP contribution in [0.25, 0.3) is 11.1 Å². The predicted octanol–water partition coefficient (Wildman–Crippen LogP) is 4.06. The molecular formula is C27H30N2O5. The summed E-state index contributed by atoms with van der Waals surface area (Å²) in [5.41, 5.74) is 4.58. The summed E-state index contributed by atoms with van der Waals surface area (Å²) in [7, 11) is 0. The van der Waals surface area contributed by atoms with Crippen LogP contribution in [0, 0.1) is 11.3 Å². The van der Waals surface area contributed by atoms with Crippen molar-refractivity contribution in [3.05, 3.63) is 59.7 Å². The molecule has 34 heavy (non-hydrogen) atoms. The maximum Gasteiger partial charge on any atom is 0.407 e. The van der Waals surface area contributed by atoms with Crippen LogP contribution in [0.4, 0.5) is 4.79 Å². The molecule has 0 aliphatic heterocycles.